The van der Waals surface area contributed by atoms with Gasteiger partial charge in [-0.1, -0.05) is 74.5 Å². The van der Waals surface area contributed by atoms with Crippen molar-refractivity contribution in [1.82, 2.24) is 14.8 Å². The average Bonchev–Trinajstić information content (AvgIpc) is 2.85. The van der Waals surface area contributed by atoms with Crippen molar-refractivity contribution >= 4 is 11.7 Å². The summed E-state index contributed by atoms with van der Waals surface area (Å²) in [5.41, 5.74) is 4.27. The summed E-state index contributed by atoms with van der Waals surface area (Å²) >= 11 is 0. The van der Waals surface area contributed by atoms with E-state index < -0.39 is 0 Å². The lowest BCUT2D eigenvalue weighted by Gasteiger charge is -2.35. The molecule has 5 nitrogen and oxygen atoms in total. The van der Waals surface area contributed by atoms with E-state index >= 15 is 0 Å². The summed E-state index contributed by atoms with van der Waals surface area (Å²) in [7, 11) is 0. The maximum absolute atomic E-state index is 13.8. The predicted molar refractivity (Wildman–Crippen MR) is 139 cm³/mol. The molecule has 1 aromatic heterocycles. The van der Waals surface area contributed by atoms with Gasteiger partial charge < -0.3 is 10.2 Å². The van der Waals surface area contributed by atoms with Gasteiger partial charge in [-0.25, -0.2) is 4.98 Å². The topological polar surface area (TPSA) is 48.5 Å². The van der Waals surface area contributed by atoms with E-state index in [-0.39, 0.29) is 5.91 Å². The fourth-order valence-electron chi connectivity index (χ4n) is 4.43. The number of nitrogens with one attached hydrogen (secondary N) is 1. The lowest BCUT2D eigenvalue weighted by molar-refractivity contribution is 0.0628. The number of carbonyl (C=O) groups is 1. The third-order valence-electron chi connectivity index (χ3n) is 6.41. The number of piperazine rings is 1. The SMILES string of the molecule is CC(C)CCNc1nccc(Cc2ccccc2)c1C(=O)N1CCN(Cc2ccccc2)CC1. The molecule has 4 rings (SSSR count). The molecular formula is C29H36N4O. The second-order valence-corrected chi connectivity index (χ2v) is 9.52. The average molecular weight is 457 g/mol. The van der Waals surface area contributed by atoms with E-state index in [1.807, 2.05) is 41.4 Å². The van der Waals surface area contributed by atoms with E-state index in [1.165, 1.54) is 11.1 Å². The van der Waals surface area contributed by atoms with Crippen molar-refractivity contribution in [3.63, 3.8) is 0 Å². The molecule has 5 heteroatoms. The Morgan fingerprint density at radius 2 is 1.56 bits per heavy atom. The maximum Gasteiger partial charge on any atom is 0.257 e. The summed E-state index contributed by atoms with van der Waals surface area (Å²) < 4.78 is 0. The van der Waals surface area contributed by atoms with Crippen molar-refractivity contribution in [2.24, 2.45) is 5.92 Å². The minimum Gasteiger partial charge on any atom is -0.369 e. The summed E-state index contributed by atoms with van der Waals surface area (Å²) in [5.74, 6) is 1.40. The van der Waals surface area contributed by atoms with E-state index in [0.29, 0.717) is 11.7 Å². The summed E-state index contributed by atoms with van der Waals surface area (Å²) in [4.78, 5) is 22.8. The Labute approximate surface area is 203 Å². The van der Waals surface area contributed by atoms with E-state index in [1.54, 1.807) is 0 Å². The Morgan fingerprint density at radius 1 is 0.912 bits per heavy atom. The number of pyridine rings is 1. The molecule has 2 aromatic carbocycles. The van der Waals surface area contributed by atoms with Gasteiger partial charge >= 0.3 is 0 Å². The number of benzene rings is 2. The highest BCUT2D eigenvalue weighted by Crippen LogP contribution is 2.24. The minimum atomic E-state index is 0.0884. The van der Waals surface area contributed by atoms with Crippen molar-refractivity contribution in [1.29, 1.82) is 0 Å². The van der Waals surface area contributed by atoms with Gasteiger partial charge in [0.1, 0.15) is 5.82 Å². The van der Waals surface area contributed by atoms with E-state index in [9.17, 15) is 4.79 Å². The van der Waals surface area contributed by atoms with E-state index in [2.05, 4.69) is 65.4 Å². The fraction of sp³-hybridized carbons (Fsp3) is 0.379. The number of anilines is 1. The third kappa shape index (κ3) is 6.45. The summed E-state index contributed by atoms with van der Waals surface area (Å²) in [6.45, 7) is 9.38. The first kappa shape index (κ1) is 24.0. The molecule has 1 fully saturated rings. The van der Waals surface area contributed by atoms with Crippen LogP contribution in [0.15, 0.2) is 72.9 Å². The molecule has 0 radical (unpaired) electrons. The van der Waals surface area contributed by atoms with Gasteiger partial charge in [0.15, 0.2) is 0 Å². The highest BCUT2D eigenvalue weighted by Gasteiger charge is 2.26. The molecule has 0 bridgehead atoms. The Balaban J connectivity index is 1.50. The number of hydrogen-bond donors (Lipinski definition) is 1. The van der Waals surface area contributed by atoms with E-state index in [0.717, 1.165) is 63.2 Å². The Morgan fingerprint density at radius 3 is 2.21 bits per heavy atom. The highest BCUT2D eigenvalue weighted by atomic mass is 16.2. The molecule has 0 aliphatic carbocycles. The molecular weight excluding hydrogens is 420 g/mol. The van der Waals surface area contributed by atoms with Crippen LogP contribution in [0.5, 0.6) is 0 Å². The molecule has 178 valence electrons. The fourth-order valence-corrected chi connectivity index (χ4v) is 4.43. The number of aromatic nitrogens is 1. The second-order valence-electron chi connectivity index (χ2n) is 9.52. The van der Waals surface area contributed by atoms with Crippen LogP contribution in [0.25, 0.3) is 0 Å². The van der Waals surface area contributed by atoms with Crippen LogP contribution < -0.4 is 5.32 Å². The molecule has 1 aliphatic heterocycles. The Hall–Kier alpha value is -3.18. The summed E-state index contributed by atoms with van der Waals surface area (Å²) in [6, 6.07) is 22.9. The molecule has 0 atom stereocenters. The van der Waals surface area contributed by atoms with Crippen LogP contribution in [0.1, 0.15) is 47.3 Å². The van der Waals surface area contributed by atoms with Crippen molar-refractivity contribution in [3.05, 3.63) is 95.2 Å². The number of nitrogens with zero attached hydrogens (tertiary/aromatic N) is 3. The zero-order valence-corrected chi connectivity index (χ0v) is 20.4. The molecule has 1 N–H and O–H groups in total. The second kappa shape index (κ2) is 11.8. The van der Waals surface area contributed by atoms with Gasteiger partial charge in [0, 0.05) is 45.5 Å². The number of amides is 1. The lowest BCUT2D eigenvalue weighted by Crippen LogP contribution is -2.48. The molecule has 2 heterocycles. The van der Waals surface area contributed by atoms with Crippen molar-refractivity contribution < 1.29 is 4.79 Å². The molecule has 3 aromatic rings. The monoisotopic (exact) mass is 456 g/mol. The summed E-state index contributed by atoms with van der Waals surface area (Å²) in [5, 5.41) is 3.46. The Bertz CT molecular complexity index is 1040. The molecule has 1 amide bonds. The molecule has 1 saturated heterocycles. The highest BCUT2D eigenvalue weighted by molar-refractivity contribution is 6.00. The quantitative estimate of drug-likeness (QED) is 0.487. The molecule has 0 unspecified atom stereocenters. The zero-order chi connectivity index (χ0) is 23.8. The van der Waals surface area contributed by atoms with Crippen LogP contribution in [0.3, 0.4) is 0 Å². The van der Waals surface area contributed by atoms with E-state index in [4.69, 9.17) is 0 Å². The molecule has 0 saturated carbocycles. The number of hydrogen-bond acceptors (Lipinski definition) is 4. The molecule has 34 heavy (non-hydrogen) atoms. The standard InChI is InChI=1S/C29H36N4O/c1-23(2)13-15-30-28-27(26(14-16-31-28)21-24-9-5-3-6-10-24)29(34)33-19-17-32(18-20-33)22-25-11-7-4-8-12-25/h3-12,14,16,23H,13,15,17-22H2,1-2H3,(H,30,31). The third-order valence-corrected chi connectivity index (χ3v) is 6.41. The van der Waals surface area contributed by atoms with Crippen LogP contribution in [-0.2, 0) is 13.0 Å². The van der Waals surface area contributed by atoms with Crippen LogP contribution in [0.4, 0.5) is 5.82 Å². The van der Waals surface area contributed by atoms with Crippen molar-refractivity contribution in [2.75, 3.05) is 38.0 Å². The van der Waals surface area contributed by atoms with Crippen LogP contribution >= 0.6 is 0 Å². The van der Waals surface area contributed by atoms with Crippen LogP contribution in [-0.4, -0.2) is 53.4 Å². The molecule has 1 aliphatic rings. The maximum atomic E-state index is 13.8. The summed E-state index contributed by atoms with van der Waals surface area (Å²) in [6.07, 6.45) is 3.58. The van der Waals surface area contributed by atoms with Gasteiger partial charge in [0.2, 0.25) is 0 Å². The smallest absolute Gasteiger partial charge is 0.257 e. The number of rotatable bonds is 9. The van der Waals surface area contributed by atoms with Gasteiger partial charge in [0.25, 0.3) is 5.91 Å². The Kier molecular flexibility index (Phi) is 8.31. The lowest BCUT2D eigenvalue weighted by atomic mass is 9.99. The van der Waals surface area contributed by atoms with Crippen LogP contribution in [0.2, 0.25) is 0 Å². The largest absolute Gasteiger partial charge is 0.369 e. The first-order valence-electron chi connectivity index (χ1n) is 12.4. The zero-order valence-electron chi connectivity index (χ0n) is 20.4. The number of carbonyl (C=O) groups excluding carboxylic acids is 1. The van der Waals surface area contributed by atoms with Gasteiger partial charge in [-0.15, -0.1) is 0 Å². The van der Waals surface area contributed by atoms with Gasteiger partial charge in [-0.3, -0.25) is 9.69 Å². The minimum absolute atomic E-state index is 0.0884. The van der Waals surface area contributed by atoms with Gasteiger partial charge in [0.05, 0.1) is 5.56 Å². The predicted octanol–water partition coefficient (Wildman–Crippen LogP) is 5.09. The molecule has 0 spiro atoms. The normalized spacial score (nSPS) is 14.4. The van der Waals surface area contributed by atoms with Crippen molar-refractivity contribution in [3.8, 4) is 0 Å². The van der Waals surface area contributed by atoms with Crippen LogP contribution in [0, 0.1) is 5.92 Å². The van der Waals surface area contributed by atoms with Gasteiger partial charge in [-0.2, -0.15) is 0 Å². The van der Waals surface area contributed by atoms with Gasteiger partial charge in [-0.05, 0) is 41.5 Å². The van der Waals surface area contributed by atoms with Crippen molar-refractivity contribution in [2.45, 2.75) is 33.2 Å². The first-order chi connectivity index (χ1) is 16.6. The first-order valence-corrected chi connectivity index (χ1v) is 12.4.